The number of rotatable bonds is 5. The van der Waals surface area contributed by atoms with Gasteiger partial charge in [-0.2, -0.15) is 0 Å². The lowest BCUT2D eigenvalue weighted by Crippen LogP contribution is -2.38. The van der Waals surface area contributed by atoms with Gasteiger partial charge in [-0.15, -0.1) is 0 Å². The maximum atomic E-state index is 14.5. The minimum atomic E-state index is -0.571. The van der Waals surface area contributed by atoms with Crippen molar-refractivity contribution in [2.45, 2.75) is 38.6 Å². The number of H-pyrrole nitrogens is 1. The van der Waals surface area contributed by atoms with Gasteiger partial charge in [0.1, 0.15) is 5.65 Å². The van der Waals surface area contributed by atoms with E-state index in [-0.39, 0.29) is 23.7 Å². The van der Waals surface area contributed by atoms with Crippen LogP contribution in [0.1, 0.15) is 32.6 Å². The highest BCUT2D eigenvalue weighted by atomic mass is 35.5. The van der Waals surface area contributed by atoms with Gasteiger partial charge in [0.05, 0.1) is 23.7 Å². The zero-order chi connectivity index (χ0) is 20.4. The fourth-order valence-corrected chi connectivity index (χ4v) is 3.93. The molecule has 152 valence electrons. The second-order valence-electron chi connectivity index (χ2n) is 7.04. The van der Waals surface area contributed by atoms with Gasteiger partial charge < -0.3 is 15.0 Å². The summed E-state index contributed by atoms with van der Waals surface area (Å²) in [4.78, 5) is 28.1. The number of halogens is 2. The average molecular weight is 418 g/mol. The number of fused-ring (bicyclic) bond motifs is 1. The first-order valence-electron chi connectivity index (χ1n) is 9.65. The Hall–Kier alpha value is -2.74. The number of pyridine rings is 1. The summed E-state index contributed by atoms with van der Waals surface area (Å²) in [5, 5.41) is 4.35. The van der Waals surface area contributed by atoms with Crippen molar-refractivity contribution in [3.05, 3.63) is 35.5 Å². The van der Waals surface area contributed by atoms with Crippen LogP contribution >= 0.6 is 11.6 Å². The molecule has 0 aliphatic heterocycles. The molecule has 9 heteroatoms. The van der Waals surface area contributed by atoms with E-state index in [4.69, 9.17) is 16.3 Å². The number of hydrogen-bond acceptors (Lipinski definition) is 6. The van der Waals surface area contributed by atoms with E-state index in [0.29, 0.717) is 35.1 Å². The average Bonchev–Trinajstić information content (AvgIpc) is 3.13. The monoisotopic (exact) mass is 417 g/mol. The highest BCUT2D eigenvalue weighted by molar-refractivity contribution is 6.31. The van der Waals surface area contributed by atoms with Crippen LogP contribution in [0.3, 0.4) is 0 Å². The third-order valence-corrected chi connectivity index (χ3v) is 5.37. The van der Waals surface area contributed by atoms with Crippen LogP contribution in [0.15, 0.2) is 24.7 Å². The second-order valence-corrected chi connectivity index (χ2v) is 7.47. The molecule has 3 heterocycles. The normalized spacial score (nSPS) is 19.3. The van der Waals surface area contributed by atoms with Gasteiger partial charge in [-0.25, -0.2) is 19.3 Å². The molecule has 2 N–H and O–H groups in total. The summed E-state index contributed by atoms with van der Waals surface area (Å²) in [5.41, 5.74) is 1.31. The van der Waals surface area contributed by atoms with E-state index >= 15 is 0 Å². The number of hydrogen-bond donors (Lipinski definition) is 2. The topological polar surface area (TPSA) is 92.8 Å². The fraction of sp³-hybridized carbons (Fsp3) is 0.400. The van der Waals surface area contributed by atoms with E-state index in [2.05, 4.69) is 25.3 Å². The SMILES string of the molecule is CCOC(=O)[C@H]1CCCC[C@@H]1Nc1nc(-c2c[nH]c3ncc(Cl)cc23)ncc1F. The van der Waals surface area contributed by atoms with Gasteiger partial charge in [-0.3, -0.25) is 4.79 Å². The first kappa shape index (κ1) is 19.6. The van der Waals surface area contributed by atoms with Gasteiger partial charge in [0.25, 0.3) is 0 Å². The van der Waals surface area contributed by atoms with Crippen LogP contribution in [0.5, 0.6) is 0 Å². The largest absolute Gasteiger partial charge is 0.466 e. The molecule has 3 aromatic rings. The summed E-state index contributed by atoms with van der Waals surface area (Å²) in [7, 11) is 0. The van der Waals surface area contributed by atoms with Crippen LogP contribution in [-0.2, 0) is 9.53 Å². The Morgan fingerprint density at radius 3 is 3.00 bits per heavy atom. The van der Waals surface area contributed by atoms with Crippen molar-refractivity contribution >= 4 is 34.4 Å². The van der Waals surface area contributed by atoms with Crippen LogP contribution in [0.25, 0.3) is 22.4 Å². The van der Waals surface area contributed by atoms with Crippen LogP contribution in [0, 0.1) is 11.7 Å². The van der Waals surface area contributed by atoms with Crippen molar-refractivity contribution < 1.29 is 13.9 Å². The molecular weight excluding hydrogens is 397 g/mol. The lowest BCUT2D eigenvalue weighted by Gasteiger charge is -2.31. The first-order chi connectivity index (χ1) is 14.1. The first-order valence-corrected chi connectivity index (χ1v) is 10.0. The van der Waals surface area contributed by atoms with Crippen molar-refractivity contribution in [3.8, 4) is 11.4 Å². The van der Waals surface area contributed by atoms with E-state index in [9.17, 15) is 9.18 Å². The lowest BCUT2D eigenvalue weighted by atomic mass is 9.84. The molecule has 2 atom stereocenters. The summed E-state index contributed by atoms with van der Waals surface area (Å²) in [6, 6.07) is 1.52. The Morgan fingerprint density at radius 1 is 1.34 bits per heavy atom. The van der Waals surface area contributed by atoms with Crippen molar-refractivity contribution in [1.29, 1.82) is 0 Å². The predicted molar refractivity (Wildman–Crippen MR) is 108 cm³/mol. The molecule has 1 fully saturated rings. The summed E-state index contributed by atoms with van der Waals surface area (Å²) < 4.78 is 19.7. The molecule has 0 bridgehead atoms. The maximum absolute atomic E-state index is 14.5. The Balaban J connectivity index is 1.64. The molecule has 0 amide bonds. The molecule has 4 rings (SSSR count). The highest BCUT2D eigenvalue weighted by Crippen LogP contribution is 2.31. The fourth-order valence-electron chi connectivity index (χ4n) is 3.77. The third kappa shape index (κ3) is 4.03. The minimum Gasteiger partial charge on any atom is -0.466 e. The molecule has 29 heavy (non-hydrogen) atoms. The summed E-state index contributed by atoms with van der Waals surface area (Å²) >= 11 is 6.06. The van der Waals surface area contributed by atoms with E-state index in [1.54, 1.807) is 25.4 Å². The Kier molecular flexibility index (Phi) is 5.62. The van der Waals surface area contributed by atoms with Crippen LogP contribution in [0.4, 0.5) is 10.2 Å². The number of anilines is 1. The number of esters is 1. The number of nitrogens with zero attached hydrogens (tertiary/aromatic N) is 3. The standard InChI is InChI=1S/C20H21ClFN5O2/c1-2-29-20(28)12-5-3-4-6-16(12)26-19-15(22)10-25-18(27-19)14-9-24-17-13(14)7-11(21)8-23-17/h7-10,12,16H,2-6H2,1H3,(H,23,24)(H,25,26,27)/t12-,16-/m0/s1. The van der Waals surface area contributed by atoms with Crippen molar-refractivity contribution in [2.75, 3.05) is 11.9 Å². The number of carbonyl (C=O) groups excluding carboxylic acids is 1. The second kappa shape index (κ2) is 8.32. The van der Waals surface area contributed by atoms with Gasteiger partial charge in [0, 0.05) is 29.4 Å². The molecule has 0 radical (unpaired) electrons. The Morgan fingerprint density at radius 2 is 2.17 bits per heavy atom. The Bertz CT molecular complexity index is 1040. The quantitative estimate of drug-likeness (QED) is 0.599. The molecule has 0 spiro atoms. The summed E-state index contributed by atoms with van der Waals surface area (Å²) in [6.45, 7) is 2.10. The van der Waals surface area contributed by atoms with E-state index in [0.717, 1.165) is 30.8 Å². The van der Waals surface area contributed by atoms with Crippen LogP contribution < -0.4 is 5.32 Å². The number of carbonyl (C=O) groups is 1. The zero-order valence-electron chi connectivity index (χ0n) is 15.9. The van der Waals surface area contributed by atoms with E-state index in [1.807, 2.05) is 0 Å². The molecule has 3 aromatic heterocycles. The van der Waals surface area contributed by atoms with E-state index < -0.39 is 5.82 Å². The van der Waals surface area contributed by atoms with Crippen molar-refractivity contribution in [1.82, 2.24) is 19.9 Å². The predicted octanol–water partition coefficient (Wildman–Crippen LogP) is 4.35. The minimum absolute atomic E-state index is 0.0699. The van der Waals surface area contributed by atoms with Crippen LogP contribution in [-0.4, -0.2) is 38.6 Å². The van der Waals surface area contributed by atoms with Crippen LogP contribution in [0.2, 0.25) is 5.02 Å². The smallest absolute Gasteiger partial charge is 0.311 e. The van der Waals surface area contributed by atoms with Crippen molar-refractivity contribution in [3.63, 3.8) is 0 Å². The number of ether oxygens (including phenoxy) is 1. The molecule has 0 aromatic carbocycles. The summed E-state index contributed by atoms with van der Waals surface area (Å²) in [5.74, 6) is -0.736. The van der Waals surface area contributed by atoms with Gasteiger partial charge in [-0.1, -0.05) is 24.4 Å². The van der Waals surface area contributed by atoms with Gasteiger partial charge >= 0.3 is 5.97 Å². The lowest BCUT2D eigenvalue weighted by molar-refractivity contribution is -0.149. The van der Waals surface area contributed by atoms with Crippen molar-refractivity contribution in [2.24, 2.45) is 5.92 Å². The molecule has 0 unspecified atom stereocenters. The molecular formula is C20H21ClFN5O2. The molecule has 1 saturated carbocycles. The molecule has 7 nitrogen and oxygen atoms in total. The number of aromatic amines is 1. The maximum Gasteiger partial charge on any atom is 0.311 e. The summed E-state index contributed by atoms with van der Waals surface area (Å²) in [6.07, 6.45) is 7.75. The number of nitrogens with one attached hydrogen (secondary N) is 2. The number of aromatic nitrogens is 4. The zero-order valence-corrected chi connectivity index (χ0v) is 16.7. The van der Waals surface area contributed by atoms with Gasteiger partial charge in [0.2, 0.25) is 0 Å². The molecule has 1 aliphatic carbocycles. The van der Waals surface area contributed by atoms with Gasteiger partial charge in [-0.05, 0) is 25.8 Å². The highest BCUT2D eigenvalue weighted by Gasteiger charge is 2.33. The van der Waals surface area contributed by atoms with E-state index in [1.165, 1.54) is 0 Å². The third-order valence-electron chi connectivity index (χ3n) is 5.16. The van der Waals surface area contributed by atoms with Gasteiger partial charge in [0.15, 0.2) is 17.5 Å². The molecule has 1 aliphatic rings. The molecule has 0 saturated heterocycles. The Labute approximate surface area is 172 Å².